The SMILES string of the molecule is NC(=O)[C@H](CC1CNc2ccccc21)NC(=O)CCNC(=O)O. The largest absolute Gasteiger partial charge is 0.465 e. The molecule has 0 spiro atoms. The molecule has 0 bridgehead atoms. The van der Waals surface area contributed by atoms with Crippen LogP contribution in [0, 0.1) is 0 Å². The molecule has 1 aromatic rings. The second-order valence-electron chi connectivity index (χ2n) is 5.41. The lowest BCUT2D eigenvalue weighted by atomic mass is 9.93. The number of nitrogens with one attached hydrogen (secondary N) is 3. The highest BCUT2D eigenvalue weighted by Crippen LogP contribution is 2.33. The molecule has 1 unspecified atom stereocenters. The minimum Gasteiger partial charge on any atom is -0.465 e. The predicted octanol–water partition coefficient (Wildman–Crippen LogP) is 0.214. The molecule has 0 aliphatic carbocycles. The van der Waals surface area contributed by atoms with Gasteiger partial charge in [-0.1, -0.05) is 18.2 Å². The van der Waals surface area contributed by atoms with E-state index in [1.165, 1.54) is 0 Å². The first-order chi connectivity index (χ1) is 11.0. The van der Waals surface area contributed by atoms with E-state index >= 15 is 0 Å². The molecular weight excluding hydrogens is 300 g/mol. The standard InChI is InChI=1S/C15H20N4O4/c16-14(21)12(19-13(20)5-6-17-15(22)23)7-9-8-18-11-4-2-1-3-10(9)11/h1-4,9,12,17-18H,5-8H2,(H2,16,21)(H,19,20)(H,22,23)/t9?,12-/m0/s1. The molecule has 3 amide bonds. The van der Waals surface area contributed by atoms with Crippen molar-refractivity contribution in [3.05, 3.63) is 29.8 Å². The zero-order chi connectivity index (χ0) is 16.8. The van der Waals surface area contributed by atoms with Crippen LogP contribution in [0.5, 0.6) is 0 Å². The molecule has 124 valence electrons. The molecule has 1 heterocycles. The molecule has 0 aromatic heterocycles. The number of primary amides is 1. The summed E-state index contributed by atoms with van der Waals surface area (Å²) in [7, 11) is 0. The number of carbonyl (C=O) groups is 3. The lowest BCUT2D eigenvalue weighted by molar-refractivity contribution is -0.127. The number of amides is 3. The molecule has 1 aliphatic rings. The van der Waals surface area contributed by atoms with Gasteiger partial charge in [-0.2, -0.15) is 0 Å². The van der Waals surface area contributed by atoms with Crippen LogP contribution in [0.1, 0.15) is 24.3 Å². The van der Waals surface area contributed by atoms with Crippen LogP contribution in [0.3, 0.4) is 0 Å². The summed E-state index contributed by atoms with van der Waals surface area (Å²) in [4.78, 5) is 33.7. The number of carboxylic acid groups (broad SMARTS) is 1. The van der Waals surface area contributed by atoms with Crippen molar-refractivity contribution in [1.82, 2.24) is 10.6 Å². The molecule has 8 heteroatoms. The summed E-state index contributed by atoms with van der Waals surface area (Å²) in [5, 5.41) is 16.4. The first-order valence-corrected chi connectivity index (χ1v) is 7.35. The van der Waals surface area contributed by atoms with Gasteiger partial charge in [0.15, 0.2) is 0 Å². The number of hydrogen-bond acceptors (Lipinski definition) is 4. The first-order valence-electron chi connectivity index (χ1n) is 7.35. The van der Waals surface area contributed by atoms with E-state index in [0.29, 0.717) is 13.0 Å². The van der Waals surface area contributed by atoms with Crippen molar-refractivity contribution in [3.8, 4) is 0 Å². The van der Waals surface area contributed by atoms with E-state index in [1.54, 1.807) is 0 Å². The molecule has 0 fully saturated rings. The Morgan fingerprint density at radius 3 is 2.78 bits per heavy atom. The van der Waals surface area contributed by atoms with Crippen molar-refractivity contribution >= 4 is 23.6 Å². The van der Waals surface area contributed by atoms with Crippen molar-refractivity contribution in [2.45, 2.75) is 24.8 Å². The topological polar surface area (TPSA) is 134 Å². The van der Waals surface area contributed by atoms with Crippen molar-refractivity contribution in [1.29, 1.82) is 0 Å². The number of para-hydroxylation sites is 1. The summed E-state index contributed by atoms with van der Waals surface area (Å²) in [5.74, 6) is -0.933. The van der Waals surface area contributed by atoms with Crippen LogP contribution in [0.15, 0.2) is 24.3 Å². The van der Waals surface area contributed by atoms with Gasteiger partial charge in [0.2, 0.25) is 11.8 Å². The minimum absolute atomic E-state index is 0.0134. The van der Waals surface area contributed by atoms with Crippen LogP contribution in [0.25, 0.3) is 0 Å². The number of benzene rings is 1. The Kier molecular flexibility index (Phi) is 5.40. The third-order valence-corrected chi connectivity index (χ3v) is 3.77. The van der Waals surface area contributed by atoms with E-state index in [1.807, 2.05) is 24.3 Å². The normalized spacial score (nSPS) is 16.8. The minimum atomic E-state index is -1.20. The molecule has 0 radical (unpaired) electrons. The van der Waals surface area contributed by atoms with Crippen LogP contribution >= 0.6 is 0 Å². The second-order valence-corrected chi connectivity index (χ2v) is 5.41. The third kappa shape index (κ3) is 4.60. The van der Waals surface area contributed by atoms with Crippen molar-refractivity contribution in [2.75, 3.05) is 18.4 Å². The van der Waals surface area contributed by atoms with E-state index in [4.69, 9.17) is 10.8 Å². The lowest BCUT2D eigenvalue weighted by Crippen LogP contribution is -2.46. The molecular formula is C15H20N4O4. The zero-order valence-corrected chi connectivity index (χ0v) is 12.5. The maximum Gasteiger partial charge on any atom is 0.404 e. The molecule has 1 aliphatic heterocycles. The van der Waals surface area contributed by atoms with E-state index in [-0.39, 0.29) is 18.9 Å². The summed E-state index contributed by atoms with van der Waals surface area (Å²) < 4.78 is 0. The molecule has 0 saturated heterocycles. The van der Waals surface area contributed by atoms with Gasteiger partial charge < -0.3 is 26.8 Å². The maximum absolute atomic E-state index is 11.8. The fourth-order valence-electron chi connectivity index (χ4n) is 2.65. The average Bonchev–Trinajstić information content (AvgIpc) is 2.89. The van der Waals surface area contributed by atoms with E-state index in [2.05, 4.69) is 16.0 Å². The predicted molar refractivity (Wildman–Crippen MR) is 84.1 cm³/mol. The molecule has 23 heavy (non-hydrogen) atoms. The number of anilines is 1. The van der Waals surface area contributed by atoms with Crippen LogP contribution < -0.4 is 21.7 Å². The maximum atomic E-state index is 11.8. The van der Waals surface area contributed by atoms with Gasteiger partial charge in [0, 0.05) is 31.1 Å². The molecule has 2 rings (SSSR count). The molecule has 8 nitrogen and oxygen atoms in total. The highest BCUT2D eigenvalue weighted by Gasteiger charge is 2.28. The number of nitrogens with two attached hydrogens (primary N) is 1. The molecule has 6 N–H and O–H groups in total. The number of fused-ring (bicyclic) bond motifs is 1. The fourth-order valence-corrected chi connectivity index (χ4v) is 2.65. The second kappa shape index (κ2) is 7.48. The van der Waals surface area contributed by atoms with Crippen LogP contribution in [-0.4, -0.2) is 42.1 Å². The number of rotatable bonds is 7. The van der Waals surface area contributed by atoms with E-state index < -0.39 is 23.9 Å². The Balaban J connectivity index is 1.91. The van der Waals surface area contributed by atoms with Gasteiger partial charge in [0.25, 0.3) is 0 Å². The molecule has 2 atom stereocenters. The van der Waals surface area contributed by atoms with Crippen LogP contribution in [0.4, 0.5) is 10.5 Å². The van der Waals surface area contributed by atoms with Gasteiger partial charge in [0.1, 0.15) is 6.04 Å². The molecule has 1 aromatic carbocycles. The first kappa shape index (κ1) is 16.6. The van der Waals surface area contributed by atoms with Gasteiger partial charge in [-0.3, -0.25) is 9.59 Å². The van der Waals surface area contributed by atoms with Crippen molar-refractivity contribution in [3.63, 3.8) is 0 Å². The zero-order valence-electron chi connectivity index (χ0n) is 12.5. The Hall–Kier alpha value is -2.77. The lowest BCUT2D eigenvalue weighted by Gasteiger charge is -2.19. The highest BCUT2D eigenvalue weighted by atomic mass is 16.4. The van der Waals surface area contributed by atoms with Gasteiger partial charge in [-0.25, -0.2) is 4.79 Å². The summed E-state index contributed by atoms with van der Waals surface area (Å²) in [6.07, 6.45) is -0.842. The fraction of sp³-hybridized carbons (Fsp3) is 0.400. The molecule has 0 saturated carbocycles. The van der Waals surface area contributed by atoms with Gasteiger partial charge in [-0.05, 0) is 18.1 Å². The Morgan fingerprint density at radius 2 is 2.09 bits per heavy atom. The van der Waals surface area contributed by atoms with Crippen molar-refractivity contribution in [2.24, 2.45) is 5.73 Å². The Morgan fingerprint density at radius 1 is 1.35 bits per heavy atom. The Bertz CT molecular complexity index is 605. The van der Waals surface area contributed by atoms with E-state index in [9.17, 15) is 14.4 Å². The third-order valence-electron chi connectivity index (χ3n) is 3.77. The van der Waals surface area contributed by atoms with Crippen LogP contribution in [-0.2, 0) is 9.59 Å². The van der Waals surface area contributed by atoms with Crippen molar-refractivity contribution < 1.29 is 19.5 Å². The van der Waals surface area contributed by atoms with Gasteiger partial charge in [-0.15, -0.1) is 0 Å². The summed E-state index contributed by atoms with van der Waals surface area (Å²) in [5.41, 5.74) is 7.50. The summed E-state index contributed by atoms with van der Waals surface area (Å²) >= 11 is 0. The summed E-state index contributed by atoms with van der Waals surface area (Å²) in [6.45, 7) is 0.667. The summed E-state index contributed by atoms with van der Waals surface area (Å²) in [6, 6.07) is 7.01. The number of hydrogen-bond donors (Lipinski definition) is 5. The van der Waals surface area contributed by atoms with E-state index in [0.717, 1.165) is 11.3 Å². The van der Waals surface area contributed by atoms with Gasteiger partial charge in [0.05, 0.1) is 0 Å². The number of carbonyl (C=O) groups excluding carboxylic acids is 2. The smallest absolute Gasteiger partial charge is 0.404 e. The Labute approximate surface area is 133 Å². The monoisotopic (exact) mass is 320 g/mol. The highest BCUT2D eigenvalue weighted by molar-refractivity contribution is 5.86. The van der Waals surface area contributed by atoms with Gasteiger partial charge >= 0.3 is 6.09 Å². The van der Waals surface area contributed by atoms with Crippen LogP contribution in [0.2, 0.25) is 0 Å². The average molecular weight is 320 g/mol. The quantitative estimate of drug-likeness (QED) is 0.490.